The summed E-state index contributed by atoms with van der Waals surface area (Å²) in [6, 6.07) is 14.4. The van der Waals surface area contributed by atoms with Crippen molar-refractivity contribution in [1.29, 1.82) is 0 Å². The molecule has 0 aromatic heterocycles. The number of sulfonamides is 1. The number of nitrogens with zero attached hydrogens (tertiary/aromatic N) is 4. The number of benzene rings is 2. The van der Waals surface area contributed by atoms with Gasteiger partial charge in [0.2, 0.25) is 10.0 Å². The normalized spacial score (nSPS) is 20.0. The van der Waals surface area contributed by atoms with E-state index in [-0.39, 0.29) is 4.90 Å². The van der Waals surface area contributed by atoms with Crippen molar-refractivity contribution in [3.05, 3.63) is 58.6 Å². The molecule has 0 unspecified atom stereocenters. The van der Waals surface area contributed by atoms with E-state index in [9.17, 15) is 26.7 Å². The number of aliphatic hydroxyl groups is 1. The molecule has 244 valence electrons. The lowest BCUT2D eigenvalue weighted by atomic mass is 9.95. The van der Waals surface area contributed by atoms with Gasteiger partial charge in [0.1, 0.15) is 4.90 Å². The number of alkyl halides is 3. The zero-order chi connectivity index (χ0) is 32.1. The van der Waals surface area contributed by atoms with Crippen molar-refractivity contribution < 1.29 is 36.6 Å². The lowest BCUT2D eigenvalue weighted by Crippen LogP contribution is -2.61. The van der Waals surface area contributed by atoms with Crippen molar-refractivity contribution in [2.24, 2.45) is 5.92 Å². The van der Waals surface area contributed by atoms with Gasteiger partial charge in [-0.05, 0) is 75.5 Å². The van der Waals surface area contributed by atoms with Crippen LogP contribution in [0.3, 0.4) is 0 Å². The van der Waals surface area contributed by atoms with Gasteiger partial charge >= 0.3 is 12.1 Å². The number of aryl methyl sites for hydroxylation is 1. The van der Waals surface area contributed by atoms with Crippen molar-refractivity contribution >= 4 is 33.3 Å². The van der Waals surface area contributed by atoms with E-state index in [4.69, 9.17) is 21.5 Å². The molecule has 3 fully saturated rings. The molecule has 5 rings (SSSR count). The van der Waals surface area contributed by atoms with E-state index in [1.54, 1.807) is 10.4 Å². The number of hydrogen-bond acceptors (Lipinski definition) is 7. The minimum Gasteiger partial charge on any atom is -0.475 e. The highest BCUT2D eigenvalue weighted by atomic mass is 35.5. The van der Waals surface area contributed by atoms with Gasteiger partial charge in [0.05, 0.1) is 5.02 Å². The molecule has 3 aliphatic rings. The predicted octanol–water partition coefficient (Wildman–Crippen LogP) is 4.07. The Balaban J connectivity index is 0.000000566. The maximum atomic E-state index is 13.5. The molecule has 0 radical (unpaired) electrons. The molecule has 2 aromatic rings. The average Bonchev–Trinajstić information content (AvgIpc) is 3.20. The van der Waals surface area contributed by atoms with E-state index in [0.29, 0.717) is 43.2 Å². The van der Waals surface area contributed by atoms with Crippen LogP contribution in [0.15, 0.2) is 47.4 Å². The van der Waals surface area contributed by atoms with Crippen molar-refractivity contribution in [3.8, 4) is 0 Å². The number of carbonyl (C=O) groups is 1. The van der Waals surface area contributed by atoms with Crippen LogP contribution in [0.4, 0.5) is 18.9 Å². The molecule has 9 nitrogen and oxygen atoms in total. The summed E-state index contributed by atoms with van der Waals surface area (Å²) < 4.78 is 60.4. The largest absolute Gasteiger partial charge is 0.490 e. The van der Waals surface area contributed by atoms with Gasteiger partial charge in [-0.3, -0.25) is 9.80 Å². The van der Waals surface area contributed by atoms with Gasteiger partial charge in [-0.2, -0.15) is 17.5 Å². The fraction of sp³-hybridized carbons (Fsp3) is 0.567. The third-order valence-corrected chi connectivity index (χ3v) is 10.9. The Hall–Kier alpha value is -2.42. The van der Waals surface area contributed by atoms with Gasteiger partial charge in [-0.15, -0.1) is 0 Å². The number of carboxylic acid groups (broad SMARTS) is 1. The first-order valence-electron chi connectivity index (χ1n) is 14.8. The van der Waals surface area contributed by atoms with Crippen molar-refractivity contribution in [1.82, 2.24) is 14.1 Å². The molecule has 3 heterocycles. The molecule has 3 aliphatic heterocycles. The molecule has 44 heavy (non-hydrogen) atoms. The van der Waals surface area contributed by atoms with Gasteiger partial charge < -0.3 is 15.1 Å². The first-order chi connectivity index (χ1) is 20.8. The Morgan fingerprint density at radius 3 is 2.18 bits per heavy atom. The maximum absolute atomic E-state index is 13.5. The first-order valence-corrected chi connectivity index (χ1v) is 16.6. The number of aliphatic carboxylic acids is 1. The summed E-state index contributed by atoms with van der Waals surface area (Å²) in [5.41, 5.74) is 3.47. The molecule has 3 saturated heterocycles. The molecular weight excluding hydrogens is 621 g/mol. The predicted molar refractivity (Wildman–Crippen MR) is 162 cm³/mol. The first kappa shape index (κ1) is 34.5. The van der Waals surface area contributed by atoms with Gasteiger partial charge in [0.25, 0.3) is 0 Å². The van der Waals surface area contributed by atoms with E-state index in [1.165, 1.54) is 11.1 Å². The summed E-state index contributed by atoms with van der Waals surface area (Å²) in [4.78, 5) is 16.2. The third kappa shape index (κ3) is 8.85. The molecule has 2 aromatic carbocycles. The highest BCUT2D eigenvalue weighted by molar-refractivity contribution is 7.89. The van der Waals surface area contributed by atoms with Crippen LogP contribution in [0.1, 0.15) is 30.4 Å². The second kappa shape index (κ2) is 14.8. The third-order valence-electron chi connectivity index (χ3n) is 8.50. The molecular formula is C30H40ClF3N4O5S. The van der Waals surface area contributed by atoms with Gasteiger partial charge in [-0.1, -0.05) is 41.4 Å². The summed E-state index contributed by atoms with van der Waals surface area (Å²) in [5.74, 6) is -2.31. The van der Waals surface area contributed by atoms with Gasteiger partial charge in [0, 0.05) is 57.6 Å². The van der Waals surface area contributed by atoms with Crippen molar-refractivity contribution in [3.63, 3.8) is 0 Å². The fourth-order valence-electron chi connectivity index (χ4n) is 5.73. The Kier molecular flexibility index (Phi) is 11.6. The number of anilines is 1. The van der Waals surface area contributed by atoms with Gasteiger partial charge in [-0.25, -0.2) is 13.2 Å². The van der Waals surface area contributed by atoms with E-state index in [2.05, 4.69) is 45.9 Å². The molecule has 2 N–H and O–H groups in total. The summed E-state index contributed by atoms with van der Waals surface area (Å²) in [5, 5.41) is 16.8. The van der Waals surface area contributed by atoms with Crippen molar-refractivity contribution in [2.75, 3.05) is 63.9 Å². The maximum Gasteiger partial charge on any atom is 0.490 e. The second-order valence-electron chi connectivity index (χ2n) is 11.7. The monoisotopic (exact) mass is 660 g/mol. The topological polar surface area (TPSA) is 105 Å². The quantitative estimate of drug-likeness (QED) is 0.458. The summed E-state index contributed by atoms with van der Waals surface area (Å²) in [6.07, 6.45) is -2.16. The van der Waals surface area contributed by atoms with Crippen LogP contribution in [-0.4, -0.2) is 110 Å². The number of carboxylic acids is 1. The minimum absolute atomic E-state index is 0.202. The Labute approximate surface area is 261 Å². The second-order valence-corrected chi connectivity index (χ2v) is 14.0. The Morgan fingerprint density at radius 1 is 0.977 bits per heavy atom. The van der Waals surface area contributed by atoms with Crippen LogP contribution in [0, 0.1) is 12.8 Å². The number of piperidine rings is 1. The van der Waals surface area contributed by atoms with E-state index in [0.717, 1.165) is 64.2 Å². The van der Waals surface area contributed by atoms with E-state index >= 15 is 0 Å². The highest BCUT2D eigenvalue weighted by Gasteiger charge is 2.38. The van der Waals surface area contributed by atoms with Crippen LogP contribution in [0.25, 0.3) is 0 Å². The van der Waals surface area contributed by atoms with Crippen molar-refractivity contribution in [2.45, 2.75) is 49.8 Å². The smallest absolute Gasteiger partial charge is 0.475 e. The van der Waals surface area contributed by atoms with Crippen LogP contribution in [-0.2, 0) is 21.4 Å². The molecule has 0 atom stereocenters. The summed E-state index contributed by atoms with van der Waals surface area (Å²) in [7, 11) is -3.66. The molecule has 0 amide bonds. The number of halogens is 4. The lowest BCUT2D eigenvalue weighted by Gasteiger charge is -2.48. The van der Waals surface area contributed by atoms with Gasteiger partial charge in [0.15, 0.2) is 0 Å². The molecule has 0 aliphatic carbocycles. The number of aliphatic hydroxyl groups excluding tert-OH is 1. The molecule has 14 heteroatoms. The minimum atomic E-state index is -5.08. The Morgan fingerprint density at radius 2 is 1.61 bits per heavy atom. The number of rotatable bonds is 7. The number of likely N-dealkylation sites (tertiary alicyclic amines) is 1. The lowest BCUT2D eigenvalue weighted by molar-refractivity contribution is -0.192. The van der Waals surface area contributed by atoms with Crippen LogP contribution in [0.5, 0.6) is 0 Å². The highest BCUT2D eigenvalue weighted by Crippen LogP contribution is 2.33. The van der Waals surface area contributed by atoms with Crippen LogP contribution >= 0.6 is 11.6 Å². The van der Waals surface area contributed by atoms with E-state index in [1.807, 2.05) is 12.1 Å². The molecule has 0 bridgehead atoms. The van der Waals surface area contributed by atoms with E-state index < -0.39 is 22.2 Å². The number of hydrogen-bond donors (Lipinski definition) is 2. The standard InChI is InChI=1S/C28H39ClN4O3S.C2HF3O2/c1-22-3-5-23(6-4-22)18-30-11-2-12-33(16-15-30)37(35,36)28-8-7-25(17-27(28)29)32-19-26(20-32)31-13-9-24(21-34)10-14-31;3-2(4,5)1(6)7/h3-8,17,24,26,34H,2,9-16,18-21H2,1H3;(H,6,7). The fourth-order valence-corrected chi connectivity index (χ4v) is 7.71. The SMILES string of the molecule is Cc1ccc(CN2CCCN(S(=O)(=O)c3ccc(N4CC(N5CCC(CO)CC5)C4)cc3Cl)CC2)cc1.O=C(O)C(F)(F)F. The zero-order valence-electron chi connectivity index (χ0n) is 24.7. The Bertz CT molecular complexity index is 1370. The molecule has 0 spiro atoms. The van der Waals surface area contributed by atoms with Crippen LogP contribution in [0.2, 0.25) is 5.02 Å². The summed E-state index contributed by atoms with van der Waals surface area (Å²) >= 11 is 6.59. The summed E-state index contributed by atoms with van der Waals surface area (Å²) in [6.45, 7) is 9.69. The zero-order valence-corrected chi connectivity index (χ0v) is 26.3. The van der Waals surface area contributed by atoms with Crippen LogP contribution < -0.4 is 4.90 Å². The average molecular weight is 661 g/mol. The molecule has 0 saturated carbocycles.